The summed E-state index contributed by atoms with van der Waals surface area (Å²) in [7, 11) is 3.71. The molecule has 0 aromatic rings. The Morgan fingerprint density at radius 1 is 1.10 bits per heavy atom. The van der Waals surface area contributed by atoms with Gasteiger partial charge in [0.15, 0.2) is 0 Å². The summed E-state index contributed by atoms with van der Waals surface area (Å²) in [5.74, 6) is 2.08. The number of hydrogen-bond acceptors (Lipinski definition) is 3. The van der Waals surface area contributed by atoms with E-state index in [-0.39, 0.29) is 0 Å². The molecule has 0 N–H and O–H groups in total. The van der Waals surface area contributed by atoms with Crippen molar-refractivity contribution in [2.24, 2.45) is 0 Å². The van der Waals surface area contributed by atoms with E-state index in [9.17, 15) is 0 Å². The summed E-state index contributed by atoms with van der Waals surface area (Å²) >= 11 is 0. The molecule has 0 aliphatic rings. The highest BCUT2D eigenvalue weighted by atomic mass is 33.1. The molecule has 0 rings (SSSR count). The molecule has 0 atom stereocenters. The average molecular weight is 180 g/mol. The van der Waals surface area contributed by atoms with E-state index >= 15 is 0 Å². The monoisotopic (exact) mass is 180 g/mol. The first-order valence-electron chi connectivity index (χ1n) is 3.74. The fourth-order valence-electron chi connectivity index (χ4n) is 0.414. The first kappa shape index (κ1) is 10.7. The minimum Gasteiger partial charge on any atom is -0.370 e. The van der Waals surface area contributed by atoms with Crippen LogP contribution in [0, 0.1) is 0 Å². The topological polar surface area (TPSA) is 9.23 Å². The van der Waals surface area contributed by atoms with Gasteiger partial charge in [-0.3, -0.25) is 0 Å². The highest BCUT2D eigenvalue weighted by Crippen LogP contribution is 2.21. The summed E-state index contributed by atoms with van der Waals surface area (Å²) in [6.07, 6.45) is 2.38. The standard InChI is InChI=1S/C7H16OS2/c1-3-5-8-7-10-9-6-4-2/h3-7H2,1-2H3. The van der Waals surface area contributed by atoms with Gasteiger partial charge in [0.05, 0.1) is 0 Å². The van der Waals surface area contributed by atoms with Crippen LogP contribution in [0.1, 0.15) is 26.7 Å². The van der Waals surface area contributed by atoms with Crippen molar-refractivity contribution in [1.29, 1.82) is 0 Å². The molecule has 0 heterocycles. The largest absolute Gasteiger partial charge is 0.370 e. The Balaban J connectivity index is 2.65. The number of ether oxygens (including phenoxy) is 1. The number of rotatable bonds is 7. The average Bonchev–Trinajstić information content (AvgIpc) is 1.97. The molecule has 10 heavy (non-hydrogen) atoms. The Kier molecular flexibility index (Phi) is 10.3. The van der Waals surface area contributed by atoms with Crippen molar-refractivity contribution in [3.8, 4) is 0 Å². The van der Waals surface area contributed by atoms with Gasteiger partial charge in [0.25, 0.3) is 0 Å². The van der Waals surface area contributed by atoms with Crippen LogP contribution in [0.3, 0.4) is 0 Å². The third-order valence-electron chi connectivity index (χ3n) is 0.851. The fraction of sp³-hybridized carbons (Fsp3) is 1.00. The summed E-state index contributed by atoms with van der Waals surface area (Å²) in [5.41, 5.74) is 0. The Morgan fingerprint density at radius 2 is 1.90 bits per heavy atom. The highest BCUT2D eigenvalue weighted by Gasteiger charge is 1.87. The first-order chi connectivity index (χ1) is 4.91. The van der Waals surface area contributed by atoms with E-state index in [0.717, 1.165) is 19.0 Å². The zero-order valence-electron chi connectivity index (χ0n) is 6.76. The van der Waals surface area contributed by atoms with E-state index in [4.69, 9.17) is 4.74 Å². The van der Waals surface area contributed by atoms with Crippen LogP contribution in [-0.4, -0.2) is 18.3 Å². The van der Waals surface area contributed by atoms with Gasteiger partial charge < -0.3 is 4.74 Å². The van der Waals surface area contributed by atoms with Gasteiger partial charge in [-0.15, -0.1) is 0 Å². The van der Waals surface area contributed by atoms with Gasteiger partial charge >= 0.3 is 0 Å². The number of hydrogen-bond donors (Lipinski definition) is 0. The summed E-state index contributed by atoms with van der Waals surface area (Å²) < 4.78 is 5.27. The molecule has 0 radical (unpaired) electrons. The van der Waals surface area contributed by atoms with Crippen LogP contribution in [0.5, 0.6) is 0 Å². The van der Waals surface area contributed by atoms with Crippen LogP contribution in [0.4, 0.5) is 0 Å². The summed E-state index contributed by atoms with van der Waals surface area (Å²) in [6, 6.07) is 0. The molecule has 0 aromatic carbocycles. The molecule has 0 fully saturated rings. The van der Waals surface area contributed by atoms with Crippen LogP contribution < -0.4 is 0 Å². The molecule has 0 saturated heterocycles. The van der Waals surface area contributed by atoms with Crippen LogP contribution in [0.25, 0.3) is 0 Å². The first-order valence-corrected chi connectivity index (χ1v) is 6.22. The van der Waals surface area contributed by atoms with E-state index in [2.05, 4.69) is 13.8 Å². The molecule has 62 valence electrons. The molecule has 0 aromatic heterocycles. The van der Waals surface area contributed by atoms with E-state index in [0.29, 0.717) is 0 Å². The zero-order chi connectivity index (χ0) is 7.66. The van der Waals surface area contributed by atoms with E-state index in [1.807, 2.05) is 21.6 Å². The van der Waals surface area contributed by atoms with Crippen molar-refractivity contribution in [2.45, 2.75) is 26.7 Å². The molecule has 0 spiro atoms. The lowest BCUT2D eigenvalue weighted by Gasteiger charge is -1.99. The second-order valence-corrected chi connectivity index (χ2v) is 4.50. The van der Waals surface area contributed by atoms with Gasteiger partial charge in [-0.25, -0.2) is 0 Å². The van der Waals surface area contributed by atoms with Gasteiger partial charge in [0.2, 0.25) is 0 Å². The molecule has 0 aliphatic carbocycles. The molecule has 3 heteroatoms. The van der Waals surface area contributed by atoms with Crippen molar-refractivity contribution in [3.63, 3.8) is 0 Å². The Labute approximate surface area is 71.7 Å². The second kappa shape index (κ2) is 9.66. The predicted octanol–water partition coefficient (Wildman–Crippen LogP) is 3.16. The lowest BCUT2D eigenvalue weighted by molar-refractivity contribution is 0.184. The van der Waals surface area contributed by atoms with Crippen LogP contribution in [0.2, 0.25) is 0 Å². The van der Waals surface area contributed by atoms with Gasteiger partial charge in [-0.05, 0) is 12.8 Å². The molecule has 0 aliphatic heterocycles. The summed E-state index contributed by atoms with van der Waals surface area (Å²) in [6.45, 7) is 5.23. The van der Waals surface area contributed by atoms with Crippen molar-refractivity contribution in [3.05, 3.63) is 0 Å². The Morgan fingerprint density at radius 3 is 2.50 bits per heavy atom. The van der Waals surface area contributed by atoms with E-state index in [1.54, 1.807) is 0 Å². The fourth-order valence-corrected chi connectivity index (χ4v) is 2.21. The molecular formula is C7H16OS2. The predicted molar refractivity (Wildman–Crippen MR) is 51.5 cm³/mol. The highest BCUT2D eigenvalue weighted by molar-refractivity contribution is 8.76. The quantitative estimate of drug-likeness (QED) is 0.338. The van der Waals surface area contributed by atoms with Crippen molar-refractivity contribution < 1.29 is 4.74 Å². The van der Waals surface area contributed by atoms with Crippen LogP contribution in [0.15, 0.2) is 0 Å². The maximum atomic E-state index is 5.27. The second-order valence-electron chi connectivity index (χ2n) is 1.97. The van der Waals surface area contributed by atoms with Crippen LogP contribution >= 0.6 is 21.6 Å². The van der Waals surface area contributed by atoms with E-state index in [1.165, 1.54) is 12.2 Å². The molecule has 1 nitrogen and oxygen atoms in total. The van der Waals surface area contributed by atoms with Crippen molar-refractivity contribution in [1.82, 2.24) is 0 Å². The summed E-state index contributed by atoms with van der Waals surface area (Å²) in [5, 5.41) is 0. The smallest absolute Gasteiger partial charge is 0.102 e. The van der Waals surface area contributed by atoms with Crippen molar-refractivity contribution >= 4 is 21.6 Å². The molecular weight excluding hydrogens is 164 g/mol. The van der Waals surface area contributed by atoms with Crippen molar-refractivity contribution in [2.75, 3.05) is 18.3 Å². The third kappa shape index (κ3) is 8.66. The molecule has 0 unspecified atom stereocenters. The van der Waals surface area contributed by atoms with Gasteiger partial charge in [0.1, 0.15) is 5.94 Å². The lowest BCUT2D eigenvalue weighted by Crippen LogP contribution is -1.89. The summed E-state index contributed by atoms with van der Waals surface area (Å²) in [4.78, 5) is 0. The van der Waals surface area contributed by atoms with E-state index < -0.39 is 0 Å². The van der Waals surface area contributed by atoms with Gasteiger partial charge in [-0.1, -0.05) is 35.4 Å². The Bertz CT molecular complexity index is 51.6. The molecule has 0 bridgehead atoms. The SMILES string of the molecule is CCCOCSSCCC. The Hall–Kier alpha value is 0.660. The lowest BCUT2D eigenvalue weighted by atomic mass is 10.5. The maximum absolute atomic E-state index is 5.27. The molecule has 0 saturated carbocycles. The minimum absolute atomic E-state index is 0.846. The normalized spacial score (nSPS) is 10.2. The minimum atomic E-state index is 0.846. The molecule has 0 amide bonds. The van der Waals surface area contributed by atoms with Crippen LogP contribution in [-0.2, 0) is 4.74 Å². The zero-order valence-corrected chi connectivity index (χ0v) is 8.39. The maximum Gasteiger partial charge on any atom is 0.102 e. The third-order valence-corrected chi connectivity index (χ3v) is 3.14. The van der Waals surface area contributed by atoms with Gasteiger partial charge in [0, 0.05) is 12.4 Å². The van der Waals surface area contributed by atoms with Gasteiger partial charge in [-0.2, -0.15) is 0 Å².